The summed E-state index contributed by atoms with van der Waals surface area (Å²) in [7, 11) is 0. The van der Waals surface area contributed by atoms with E-state index in [0.717, 1.165) is 17.9 Å². The Morgan fingerprint density at radius 2 is 2.23 bits per heavy atom. The van der Waals surface area contributed by atoms with Crippen molar-refractivity contribution in [3.63, 3.8) is 0 Å². The highest BCUT2D eigenvalue weighted by molar-refractivity contribution is 7.99. The zero-order chi connectivity index (χ0) is 9.10. The van der Waals surface area contributed by atoms with E-state index in [4.69, 9.17) is 0 Å². The van der Waals surface area contributed by atoms with Gasteiger partial charge in [-0.1, -0.05) is 18.2 Å². The fraction of sp³-hybridized carbons (Fsp3) is 0.455. The van der Waals surface area contributed by atoms with Crippen LogP contribution in [0.1, 0.15) is 12.0 Å². The van der Waals surface area contributed by atoms with Crippen LogP contribution < -0.4 is 0 Å². The molecule has 70 valence electrons. The van der Waals surface area contributed by atoms with Crippen molar-refractivity contribution in [2.45, 2.75) is 12.8 Å². The maximum atomic E-state index is 9.56. The molecule has 1 heterocycles. The Labute approximate surface area is 83.2 Å². The lowest BCUT2D eigenvalue weighted by molar-refractivity contribution is 0.460. The predicted molar refractivity (Wildman–Crippen MR) is 57.2 cm³/mol. The number of phenolic OH excluding ortho intramolecular Hbond substituents is 1. The van der Waals surface area contributed by atoms with Crippen molar-refractivity contribution < 1.29 is 5.11 Å². The third-order valence-corrected chi connectivity index (χ3v) is 3.76. The first-order valence-corrected chi connectivity index (χ1v) is 5.86. The Morgan fingerprint density at radius 3 is 2.92 bits per heavy atom. The van der Waals surface area contributed by atoms with E-state index in [1.54, 1.807) is 6.07 Å². The molecule has 0 aromatic heterocycles. The average Bonchev–Trinajstić information content (AvgIpc) is 2.61. The molecule has 0 bridgehead atoms. The molecule has 2 rings (SSSR count). The Bertz CT molecular complexity index is 279. The van der Waals surface area contributed by atoms with Gasteiger partial charge < -0.3 is 5.11 Å². The topological polar surface area (TPSA) is 20.2 Å². The van der Waals surface area contributed by atoms with Crippen LogP contribution in [0.25, 0.3) is 0 Å². The molecule has 1 aliphatic heterocycles. The summed E-state index contributed by atoms with van der Waals surface area (Å²) in [6.45, 7) is 0. The van der Waals surface area contributed by atoms with E-state index in [1.807, 2.05) is 30.0 Å². The molecule has 0 saturated carbocycles. The molecule has 1 aliphatic rings. The maximum Gasteiger partial charge on any atom is 0.118 e. The van der Waals surface area contributed by atoms with Gasteiger partial charge in [0.25, 0.3) is 0 Å². The summed E-state index contributed by atoms with van der Waals surface area (Å²) < 4.78 is 0. The smallest absolute Gasteiger partial charge is 0.118 e. The van der Waals surface area contributed by atoms with Crippen LogP contribution in [-0.2, 0) is 6.42 Å². The summed E-state index contributed by atoms with van der Waals surface area (Å²) >= 11 is 2.03. The number of phenols is 1. The molecule has 0 spiro atoms. The molecule has 0 radical (unpaired) electrons. The summed E-state index contributed by atoms with van der Waals surface area (Å²) in [6.07, 6.45) is 2.35. The quantitative estimate of drug-likeness (QED) is 0.781. The SMILES string of the molecule is Oc1ccccc1CC1CCSC1. The third kappa shape index (κ3) is 2.19. The van der Waals surface area contributed by atoms with Gasteiger partial charge in [-0.05, 0) is 41.9 Å². The number of aromatic hydroxyl groups is 1. The standard InChI is InChI=1S/C11H14OS/c12-11-4-2-1-3-10(11)7-9-5-6-13-8-9/h1-4,9,12H,5-8H2. The molecule has 1 fully saturated rings. The molecule has 1 N–H and O–H groups in total. The van der Waals surface area contributed by atoms with Crippen molar-refractivity contribution in [1.29, 1.82) is 0 Å². The molecular formula is C11H14OS. The first-order chi connectivity index (χ1) is 6.36. The molecule has 0 amide bonds. The van der Waals surface area contributed by atoms with Gasteiger partial charge in [-0.25, -0.2) is 0 Å². The van der Waals surface area contributed by atoms with Crippen LogP contribution >= 0.6 is 11.8 Å². The fourth-order valence-electron chi connectivity index (χ4n) is 1.74. The van der Waals surface area contributed by atoms with Gasteiger partial charge in [0.2, 0.25) is 0 Å². The van der Waals surface area contributed by atoms with Gasteiger partial charge in [-0.2, -0.15) is 11.8 Å². The van der Waals surface area contributed by atoms with Gasteiger partial charge in [0.1, 0.15) is 5.75 Å². The minimum absolute atomic E-state index is 0.458. The van der Waals surface area contributed by atoms with Gasteiger partial charge in [0.05, 0.1) is 0 Å². The van der Waals surface area contributed by atoms with E-state index in [-0.39, 0.29) is 0 Å². The molecule has 2 heteroatoms. The van der Waals surface area contributed by atoms with Gasteiger partial charge in [0, 0.05) is 0 Å². The lowest BCUT2D eigenvalue weighted by Gasteiger charge is -2.08. The average molecular weight is 194 g/mol. The fourth-order valence-corrected chi connectivity index (χ4v) is 3.02. The van der Waals surface area contributed by atoms with Crippen molar-refractivity contribution in [3.8, 4) is 5.75 Å². The largest absolute Gasteiger partial charge is 0.508 e. The van der Waals surface area contributed by atoms with Crippen LogP contribution in [0.5, 0.6) is 5.75 Å². The second-order valence-corrected chi connectivity index (χ2v) is 4.71. The van der Waals surface area contributed by atoms with E-state index >= 15 is 0 Å². The summed E-state index contributed by atoms with van der Waals surface area (Å²) in [5.41, 5.74) is 1.11. The lowest BCUT2D eigenvalue weighted by atomic mass is 9.98. The second-order valence-electron chi connectivity index (χ2n) is 3.56. The summed E-state index contributed by atoms with van der Waals surface area (Å²) in [4.78, 5) is 0. The molecule has 1 atom stereocenters. The van der Waals surface area contributed by atoms with Crippen molar-refractivity contribution in [2.24, 2.45) is 5.92 Å². The van der Waals surface area contributed by atoms with Crippen LogP contribution in [0, 0.1) is 5.92 Å². The van der Waals surface area contributed by atoms with Crippen LogP contribution in [0.4, 0.5) is 0 Å². The zero-order valence-corrected chi connectivity index (χ0v) is 8.39. The van der Waals surface area contributed by atoms with Crippen LogP contribution in [0.3, 0.4) is 0 Å². The van der Waals surface area contributed by atoms with Crippen molar-refractivity contribution in [2.75, 3.05) is 11.5 Å². The number of rotatable bonds is 2. The first-order valence-electron chi connectivity index (χ1n) is 4.71. The highest BCUT2D eigenvalue weighted by atomic mass is 32.2. The first kappa shape index (κ1) is 8.95. The van der Waals surface area contributed by atoms with E-state index in [0.29, 0.717) is 5.75 Å². The molecular weight excluding hydrogens is 180 g/mol. The number of hydrogen-bond acceptors (Lipinski definition) is 2. The normalized spacial score (nSPS) is 22.0. The molecule has 0 aliphatic carbocycles. The minimum Gasteiger partial charge on any atom is -0.508 e. The van der Waals surface area contributed by atoms with Gasteiger partial charge in [-0.15, -0.1) is 0 Å². The van der Waals surface area contributed by atoms with Crippen LogP contribution in [0.15, 0.2) is 24.3 Å². The second kappa shape index (κ2) is 4.05. The van der Waals surface area contributed by atoms with Crippen molar-refractivity contribution >= 4 is 11.8 Å². The molecule has 1 saturated heterocycles. The summed E-state index contributed by atoms with van der Waals surface area (Å²) in [5.74, 6) is 3.78. The number of para-hydroxylation sites is 1. The monoisotopic (exact) mass is 194 g/mol. The van der Waals surface area contributed by atoms with E-state index in [9.17, 15) is 5.11 Å². The third-order valence-electron chi connectivity index (χ3n) is 2.52. The molecule has 13 heavy (non-hydrogen) atoms. The van der Waals surface area contributed by atoms with Gasteiger partial charge >= 0.3 is 0 Å². The Hall–Kier alpha value is -0.630. The highest BCUT2D eigenvalue weighted by Gasteiger charge is 2.16. The Kier molecular flexibility index (Phi) is 2.79. The summed E-state index contributed by atoms with van der Waals surface area (Å²) in [5, 5.41) is 9.56. The molecule has 1 nitrogen and oxygen atoms in total. The molecule has 1 aromatic rings. The number of benzene rings is 1. The predicted octanol–water partition coefficient (Wildman–Crippen LogP) is 2.69. The zero-order valence-electron chi connectivity index (χ0n) is 7.57. The molecule has 1 aromatic carbocycles. The minimum atomic E-state index is 0.458. The van der Waals surface area contributed by atoms with Gasteiger partial charge in [0.15, 0.2) is 0 Å². The Balaban J connectivity index is 2.04. The lowest BCUT2D eigenvalue weighted by Crippen LogP contribution is -2.02. The maximum absolute atomic E-state index is 9.56. The van der Waals surface area contributed by atoms with Crippen LogP contribution in [0.2, 0.25) is 0 Å². The van der Waals surface area contributed by atoms with Crippen molar-refractivity contribution in [1.82, 2.24) is 0 Å². The van der Waals surface area contributed by atoms with E-state index in [1.165, 1.54) is 17.9 Å². The van der Waals surface area contributed by atoms with E-state index < -0.39 is 0 Å². The van der Waals surface area contributed by atoms with Crippen molar-refractivity contribution in [3.05, 3.63) is 29.8 Å². The summed E-state index contributed by atoms with van der Waals surface area (Å²) in [6, 6.07) is 7.68. The van der Waals surface area contributed by atoms with Gasteiger partial charge in [-0.3, -0.25) is 0 Å². The Morgan fingerprint density at radius 1 is 1.38 bits per heavy atom. The molecule has 1 unspecified atom stereocenters. The highest BCUT2D eigenvalue weighted by Crippen LogP contribution is 2.29. The van der Waals surface area contributed by atoms with E-state index in [2.05, 4.69) is 0 Å². The number of thioether (sulfide) groups is 1. The number of hydrogen-bond donors (Lipinski definition) is 1. The van der Waals surface area contributed by atoms with Crippen LogP contribution in [-0.4, -0.2) is 16.6 Å².